The van der Waals surface area contributed by atoms with Gasteiger partial charge in [-0.3, -0.25) is 4.79 Å². The van der Waals surface area contributed by atoms with Gasteiger partial charge in [0.15, 0.2) is 5.78 Å². The molecule has 1 atom stereocenters. The molecule has 0 bridgehead atoms. The average molecular weight is 260 g/mol. The summed E-state index contributed by atoms with van der Waals surface area (Å²) in [5.74, 6) is 0.170. The van der Waals surface area contributed by atoms with Crippen LogP contribution in [0.4, 0.5) is 0 Å². The minimum Gasteiger partial charge on any atom is -0.385 e. The van der Waals surface area contributed by atoms with Crippen molar-refractivity contribution in [1.82, 2.24) is 0 Å². The van der Waals surface area contributed by atoms with Gasteiger partial charge in [-0.1, -0.05) is 48.6 Å². The van der Waals surface area contributed by atoms with Gasteiger partial charge in [-0.25, -0.2) is 0 Å². The van der Waals surface area contributed by atoms with E-state index in [1.54, 1.807) is 0 Å². The number of aryl methyl sites for hydroxylation is 2. The Bertz CT molecular complexity index is 424. The van der Waals surface area contributed by atoms with E-state index in [0.717, 1.165) is 31.2 Å². The molecule has 104 valence electrons. The number of carbonyl (C=O) groups excluding carboxylic acids is 1. The zero-order valence-corrected chi connectivity index (χ0v) is 12.0. The molecule has 0 aromatic heterocycles. The molecule has 1 fully saturated rings. The quantitative estimate of drug-likeness (QED) is 0.901. The first-order valence-electron chi connectivity index (χ1n) is 7.34. The number of rotatable bonds is 4. The molecule has 19 heavy (non-hydrogen) atoms. The second kappa shape index (κ2) is 6.33. The third-order valence-electron chi connectivity index (χ3n) is 4.09. The third kappa shape index (κ3) is 3.90. The number of hydrogen-bond acceptors (Lipinski definition) is 2. The SMILES string of the molecule is Cc1cc(C)cc(CC(=O)C(O)C2CCCCC2)c1. The lowest BCUT2D eigenvalue weighted by Crippen LogP contribution is -2.32. The van der Waals surface area contributed by atoms with Crippen molar-refractivity contribution in [3.63, 3.8) is 0 Å². The molecule has 1 aromatic rings. The molecule has 0 radical (unpaired) electrons. The smallest absolute Gasteiger partial charge is 0.165 e. The Kier molecular flexibility index (Phi) is 4.76. The molecular formula is C17H24O2. The van der Waals surface area contributed by atoms with E-state index in [-0.39, 0.29) is 11.7 Å². The Morgan fingerprint density at radius 2 is 1.74 bits per heavy atom. The fourth-order valence-corrected chi connectivity index (χ4v) is 3.19. The van der Waals surface area contributed by atoms with Crippen LogP contribution in [0.15, 0.2) is 18.2 Å². The maximum absolute atomic E-state index is 12.2. The highest BCUT2D eigenvalue weighted by molar-refractivity contribution is 5.85. The molecule has 1 aliphatic carbocycles. The molecule has 1 unspecified atom stereocenters. The molecule has 0 amide bonds. The minimum atomic E-state index is -0.763. The Balaban J connectivity index is 1.99. The maximum atomic E-state index is 12.2. The lowest BCUT2D eigenvalue weighted by molar-refractivity contribution is -0.129. The molecule has 0 heterocycles. The number of hydrogen-bond donors (Lipinski definition) is 1. The number of Topliss-reactive ketones (excluding diaryl/α,β-unsaturated/α-hetero) is 1. The van der Waals surface area contributed by atoms with Gasteiger partial charge in [0.25, 0.3) is 0 Å². The van der Waals surface area contributed by atoms with Crippen molar-refractivity contribution < 1.29 is 9.90 Å². The van der Waals surface area contributed by atoms with Crippen molar-refractivity contribution in [3.05, 3.63) is 34.9 Å². The highest BCUT2D eigenvalue weighted by Crippen LogP contribution is 2.27. The monoisotopic (exact) mass is 260 g/mol. The second-order valence-electron chi connectivity index (χ2n) is 5.98. The van der Waals surface area contributed by atoms with E-state index >= 15 is 0 Å². The zero-order valence-electron chi connectivity index (χ0n) is 12.0. The highest BCUT2D eigenvalue weighted by Gasteiger charge is 2.27. The van der Waals surface area contributed by atoms with Gasteiger partial charge in [-0.05, 0) is 38.2 Å². The lowest BCUT2D eigenvalue weighted by Gasteiger charge is -2.25. The first-order valence-corrected chi connectivity index (χ1v) is 7.34. The molecule has 1 N–H and O–H groups in total. The van der Waals surface area contributed by atoms with Crippen molar-refractivity contribution in [2.45, 2.75) is 58.5 Å². The van der Waals surface area contributed by atoms with Gasteiger partial charge < -0.3 is 5.11 Å². The number of carbonyl (C=O) groups is 1. The molecule has 1 saturated carbocycles. The normalized spacial score (nSPS) is 18.3. The van der Waals surface area contributed by atoms with E-state index in [1.807, 2.05) is 26.0 Å². The van der Waals surface area contributed by atoms with E-state index < -0.39 is 6.10 Å². The summed E-state index contributed by atoms with van der Waals surface area (Å²) in [7, 11) is 0. The molecular weight excluding hydrogens is 236 g/mol. The fraction of sp³-hybridized carbons (Fsp3) is 0.588. The lowest BCUT2D eigenvalue weighted by atomic mass is 9.83. The van der Waals surface area contributed by atoms with Gasteiger partial charge in [0.1, 0.15) is 6.10 Å². The van der Waals surface area contributed by atoms with Gasteiger partial charge >= 0.3 is 0 Å². The number of aliphatic hydroxyl groups excluding tert-OH is 1. The second-order valence-corrected chi connectivity index (χ2v) is 5.98. The molecule has 2 heteroatoms. The third-order valence-corrected chi connectivity index (χ3v) is 4.09. The maximum Gasteiger partial charge on any atom is 0.165 e. The van der Waals surface area contributed by atoms with Crippen molar-refractivity contribution in [2.24, 2.45) is 5.92 Å². The first kappa shape index (κ1) is 14.3. The van der Waals surface area contributed by atoms with Crippen LogP contribution in [0.2, 0.25) is 0 Å². The summed E-state index contributed by atoms with van der Waals surface area (Å²) in [6.07, 6.45) is 5.15. The van der Waals surface area contributed by atoms with E-state index in [2.05, 4.69) is 6.07 Å². The van der Waals surface area contributed by atoms with Crippen molar-refractivity contribution >= 4 is 5.78 Å². The van der Waals surface area contributed by atoms with Crippen LogP contribution in [0.3, 0.4) is 0 Å². The number of aliphatic hydroxyl groups is 1. The zero-order chi connectivity index (χ0) is 13.8. The molecule has 0 saturated heterocycles. The van der Waals surface area contributed by atoms with Crippen LogP contribution >= 0.6 is 0 Å². The van der Waals surface area contributed by atoms with Gasteiger partial charge in [0.2, 0.25) is 0 Å². The Labute approximate surface area is 115 Å². The predicted octanol–water partition coefficient (Wildman–Crippen LogP) is 3.36. The summed E-state index contributed by atoms with van der Waals surface area (Å²) in [4.78, 5) is 12.2. The molecule has 0 aliphatic heterocycles. The Morgan fingerprint density at radius 1 is 1.16 bits per heavy atom. The molecule has 0 spiro atoms. The molecule has 2 nitrogen and oxygen atoms in total. The van der Waals surface area contributed by atoms with E-state index in [9.17, 15) is 9.90 Å². The van der Waals surface area contributed by atoms with Crippen LogP contribution in [0.25, 0.3) is 0 Å². The summed E-state index contributed by atoms with van der Waals surface area (Å²) in [5.41, 5.74) is 3.38. The van der Waals surface area contributed by atoms with Crippen molar-refractivity contribution in [1.29, 1.82) is 0 Å². The highest BCUT2D eigenvalue weighted by atomic mass is 16.3. The number of benzene rings is 1. The largest absolute Gasteiger partial charge is 0.385 e. The summed E-state index contributed by atoms with van der Waals surface area (Å²) >= 11 is 0. The minimum absolute atomic E-state index is 0.0168. The van der Waals surface area contributed by atoms with E-state index in [4.69, 9.17) is 0 Å². The van der Waals surface area contributed by atoms with Crippen LogP contribution in [0.5, 0.6) is 0 Å². The van der Waals surface area contributed by atoms with Crippen LogP contribution < -0.4 is 0 Å². The van der Waals surface area contributed by atoms with Gasteiger partial charge in [0, 0.05) is 6.42 Å². The van der Waals surface area contributed by atoms with Gasteiger partial charge in [-0.15, -0.1) is 0 Å². The van der Waals surface area contributed by atoms with Gasteiger partial charge in [-0.2, -0.15) is 0 Å². The molecule has 1 aromatic carbocycles. The summed E-state index contributed by atoms with van der Waals surface area (Å²) < 4.78 is 0. The predicted molar refractivity (Wildman–Crippen MR) is 77.2 cm³/mol. The Hall–Kier alpha value is -1.15. The fourth-order valence-electron chi connectivity index (χ4n) is 3.19. The van der Waals surface area contributed by atoms with Crippen LogP contribution in [-0.4, -0.2) is 17.0 Å². The van der Waals surface area contributed by atoms with Crippen molar-refractivity contribution in [3.8, 4) is 0 Å². The summed E-state index contributed by atoms with van der Waals surface area (Å²) in [5, 5.41) is 10.2. The standard InChI is InChI=1S/C17H24O2/c1-12-8-13(2)10-14(9-12)11-16(18)17(19)15-6-4-3-5-7-15/h8-10,15,17,19H,3-7,11H2,1-2H3. The Morgan fingerprint density at radius 3 is 2.32 bits per heavy atom. The van der Waals surface area contributed by atoms with Crippen LogP contribution in [-0.2, 0) is 11.2 Å². The van der Waals surface area contributed by atoms with Gasteiger partial charge in [0.05, 0.1) is 0 Å². The summed E-state index contributed by atoms with van der Waals surface area (Å²) in [6, 6.07) is 6.18. The average Bonchev–Trinajstić information content (AvgIpc) is 2.37. The summed E-state index contributed by atoms with van der Waals surface area (Å²) in [6.45, 7) is 4.08. The van der Waals surface area contributed by atoms with E-state index in [1.165, 1.54) is 17.5 Å². The first-order chi connectivity index (χ1) is 9.06. The molecule has 2 rings (SSSR count). The van der Waals surface area contributed by atoms with E-state index in [0.29, 0.717) is 6.42 Å². The number of ketones is 1. The molecule has 1 aliphatic rings. The van der Waals surface area contributed by atoms with Crippen LogP contribution in [0, 0.1) is 19.8 Å². The van der Waals surface area contributed by atoms with Crippen LogP contribution in [0.1, 0.15) is 48.8 Å². The topological polar surface area (TPSA) is 37.3 Å². The van der Waals surface area contributed by atoms with Crippen molar-refractivity contribution in [2.75, 3.05) is 0 Å².